The molecule has 26 heteroatoms. The van der Waals surface area contributed by atoms with Gasteiger partial charge in [0.1, 0.15) is 60.0 Å². The van der Waals surface area contributed by atoms with E-state index in [1.807, 2.05) is 71.9 Å². The number of fused-ring (bicyclic) bond motifs is 6. The molecule has 0 unspecified atom stereocenters. The zero-order valence-electron chi connectivity index (χ0n) is 64.0. The Morgan fingerprint density at radius 3 is 2.11 bits per heavy atom. The Labute approximate surface area is 621 Å². The van der Waals surface area contributed by atoms with Crippen molar-refractivity contribution in [1.82, 2.24) is 4.90 Å². The van der Waals surface area contributed by atoms with Crippen LogP contribution in [-0.4, -0.2) is 193 Å². The molecule has 9 rings (SSSR count). The van der Waals surface area contributed by atoms with E-state index in [1.54, 1.807) is 41.1 Å². The molecule has 4 aliphatic heterocycles. The van der Waals surface area contributed by atoms with Crippen molar-refractivity contribution in [2.24, 2.45) is 46.8 Å². The van der Waals surface area contributed by atoms with Gasteiger partial charge >= 0.3 is 17.9 Å². The first-order valence-electron chi connectivity index (χ1n) is 37.4. The van der Waals surface area contributed by atoms with Crippen molar-refractivity contribution < 1.29 is 121 Å². The van der Waals surface area contributed by atoms with Crippen LogP contribution in [-0.2, 0) is 86.5 Å². The summed E-state index contributed by atoms with van der Waals surface area (Å²) in [6.45, 7) is 17.9. The van der Waals surface area contributed by atoms with Gasteiger partial charge in [-0.25, -0.2) is 9.59 Å². The Hall–Kier alpha value is -7.17. The number of piperidine rings is 1. The third kappa shape index (κ3) is 19.8. The standard InChI is InChI=1S/C51H79NO13.C23H24O8.C6H10O4/c1-30-16-12-11-13-17-31(2)42(61-8)28-38-21-19-36(7)51(60,65-38)48(57)49(58)52-23-15-14-18-39(52)50(59)64-43(33(4)26-37-20-22-40(53)44(27-37)62-9)29-41(54)32(3)25-35(6)46(56)47(63-10)45(55)34(5)24-30;1-10(24)30-13-7-22(2)12(5-6-14(22)25)16-18(13)23(3)15(9-28-4)31-21(27)11-8-29-20(17(11)23)19(16)26;7-5(8)3-1-2-4-6(9)10/h11-13,16-17,25,30,32-34,36-40,42-44,46-47,53,56,60H,14-15,18-24,26-29H2,1-10H3;8,12-13,15H,5-7,9H2,1-4H3;1-4H2,(H,7,8)(H,9,10)/p-2/b13-11+,16-12+,31-17+,35-25+;;/t30-,32-,33-,34-,36-,37+,38+,39+,40-,42+,43+,44-,46-,47+,51-;12-,13+,15+,22-,23-;/m10./s1. The lowest BCUT2D eigenvalue weighted by molar-refractivity contribution is -0.308. The summed E-state index contributed by atoms with van der Waals surface area (Å²) in [6.07, 6.45) is 12.6. The number of ketones is 5. The molecule has 2 saturated heterocycles. The second-order valence-corrected chi connectivity index (χ2v) is 30.8. The number of aliphatic hydroxyl groups excluding tert-OH is 2. The molecule has 0 radical (unpaired) electrons. The van der Waals surface area contributed by atoms with Crippen LogP contribution < -0.4 is 10.2 Å². The van der Waals surface area contributed by atoms with Gasteiger partial charge in [0.05, 0.1) is 36.4 Å². The second-order valence-electron chi connectivity index (χ2n) is 30.8. The Kier molecular flexibility index (Phi) is 30.7. The number of aliphatic hydroxyl groups is 3. The number of cyclic esters (lactones) is 2. The second kappa shape index (κ2) is 37.8. The summed E-state index contributed by atoms with van der Waals surface area (Å²) in [5.41, 5.74) is 1.19. The van der Waals surface area contributed by atoms with E-state index in [2.05, 4.69) is 0 Å². The minimum atomic E-state index is -2.43. The van der Waals surface area contributed by atoms with Gasteiger partial charge in [-0.05, 0) is 152 Å². The number of amides is 1. The van der Waals surface area contributed by atoms with Gasteiger partial charge in [0.25, 0.3) is 11.7 Å². The maximum atomic E-state index is 14.4. The zero-order chi connectivity index (χ0) is 78.4. The van der Waals surface area contributed by atoms with Crippen molar-refractivity contribution in [1.29, 1.82) is 0 Å². The van der Waals surface area contributed by atoms with Crippen LogP contribution in [0.15, 0.2) is 69.4 Å². The van der Waals surface area contributed by atoms with E-state index in [0.717, 1.165) is 12.0 Å². The van der Waals surface area contributed by atoms with Crippen LogP contribution in [0.1, 0.15) is 218 Å². The molecule has 1 amide bonds. The largest absolute Gasteiger partial charge is 0.550 e. The highest BCUT2D eigenvalue weighted by atomic mass is 16.6. The summed E-state index contributed by atoms with van der Waals surface area (Å²) in [7, 11) is 6.02. The van der Waals surface area contributed by atoms with Crippen LogP contribution in [0.2, 0.25) is 0 Å². The minimum absolute atomic E-state index is 0.0193. The number of carbonyl (C=O) groups is 11. The SMILES string of the molecule is COC[C@H]1OC(=O)c2coc3c2[C@@]1(C)C1=C(C3=O)[C@@H]2CCC(=O)[C@@]2(C)C[C@H]1OC(C)=O.CO[C@H]1C[C@@H]2CC[C@@H](C)[C@@](O)(O2)C(=O)C(=O)N2CCCC[C@H]2C(=O)O[C@H]([C@H](C)C[C@@H]2CC[C@@H](O)[C@H](OC)C2)CC(=O)[C@H](C)/C=C(\C)[C@@H](O)[C@@H](OC)C(=O)[C@H](C)C[C@H](C)/C=C/C=C/C=C/1C.O=C([O-])CCCCC(=O)[O-]. The monoisotopic (exact) mass is 1490 g/mol. The van der Waals surface area contributed by atoms with Crippen molar-refractivity contribution in [2.75, 3.05) is 41.6 Å². The number of aliphatic carboxylic acids is 2. The van der Waals surface area contributed by atoms with Crippen molar-refractivity contribution >= 4 is 64.7 Å². The summed E-state index contributed by atoms with van der Waals surface area (Å²) >= 11 is 0. The molecule has 2 saturated carbocycles. The number of furan rings is 1. The molecule has 3 N–H and O–H groups in total. The van der Waals surface area contributed by atoms with Crippen molar-refractivity contribution in [3.05, 3.63) is 81.9 Å². The number of carboxylic acid groups (broad SMARTS) is 2. The molecule has 588 valence electrons. The van der Waals surface area contributed by atoms with Crippen LogP contribution in [0.25, 0.3) is 0 Å². The average molecular weight is 1490 g/mol. The lowest BCUT2D eigenvalue weighted by atomic mass is 9.54. The van der Waals surface area contributed by atoms with Crippen molar-refractivity contribution in [3.8, 4) is 0 Å². The minimum Gasteiger partial charge on any atom is -0.550 e. The van der Waals surface area contributed by atoms with Crippen LogP contribution in [0.4, 0.5) is 0 Å². The molecule has 26 nitrogen and oxygen atoms in total. The Balaban J connectivity index is 0.000000311. The third-order valence-electron chi connectivity index (χ3n) is 23.2. The first kappa shape index (κ1) is 86.1. The van der Waals surface area contributed by atoms with Crippen molar-refractivity contribution in [2.45, 2.75) is 263 Å². The van der Waals surface area contributed by atoms with Crippen molar-refractivity contribution in [3.63, 3.8) is 0 Å². The summed E-state index contributed by atoms with van der Waals surface area (Å²) < 4.78 is 51.8. The van der Waals surface area contributed by atoms with Crippen LogP contribution in [0.3, 0.4) is 0 Å². The molecule has 5 heterocycles. The number of carbonyl (C=O) groups excluding carboxylic acids is 11. The topological polar surface area (TPSA) is 385 Å². The van der Waals surface area contributed by atoms with Crippen LogP contribution >= 0.6 is 0 Å². The van der Waals surface area contributed by atoms with E-state index < -0.39 is 131 Å². The Bertz CT molecular complexity index is 3520. The highest BCUT2D eigenvalue weighted by molar-refractivity contribution is 6.39. The summed E-state index contributed by atoms with van der Waals surface area (Å²) in [6, 6.07) is -1.14. The van der Waals surface area contributed by atoms with Crippen LogP contribution in [0.5, 0.6) is 0 Å². The smallest absolute Gasteiger partial charge is 0.342 e. The van der Waals surface area contributed by atoms with E-state index in [0.29, 0.717) is 106 Å². The number of hydrogen-bond acceptors (Lipinski definition) is 25. The zero-order valence-corrected chi connectivity index (χ0v) is 64.0. The predicted octanol–water partition coefficient (Wildman–Crippen LogP) is 6.76. The molecule has 0 spiro atoms. The van der Waals surface area contributed by atoms with E-state index in [1.165, 1.54) is 32.3 Å². The number of Topliss-reactive ketones (excluding diaryl/α,β-unsaturated/α-hetero) is 5. The number of rotatable bonds is 14. The number of esters is 3. The lowest BCUT2D eigenvalue weighted by Gasteiger charge is -2.51. The van der Waals surface area contributed by atoms with Gasteiger partial charge in [-0.3, -0.25) is 33.6 Å². The number of hydrogen-bond donors (Lipinski definition) is 3. The first-order chi connectivity index (χ1) is 50.0. The lowest BCUT2D eigenvalue weighted by Crippen LogP contribution is -2.61. The Morgan fingerprint density at radius 1 is 0.792 bits per heavy atom. The normalized spacial score (nSPS) is 36.2. The van der Waals surface area contributed by atoms with Gasteiger partial charge < -0.3 is 82.3 Å². The molecule has 1 aromatic rings. The molecular weight excluding hydrogens is 1370 g/mol. The fourth-order valence-corrected chi connectivity index (χ4v) is 16.9. The number of nitrogens with zero attached hydrogens (tertiary/aromatic N) is 1. The number of ether oxygens (including phenoxy) is 8. The fraction of sp³-hybridized carbons (Fsp3) is 0.688. The molecule has 8 aliphatic rings. The maximum absolute atomic E-state index is 14.4. The number of allylic oxidation sites excluding steroid dienone is 7. The molecular formula is C80H111NO25-2. The summed E-state index contributed by atoms with van der Waals surface area (Å²) in [5.74, 6) is -11.8. The number of carboxylic acids is 2. The van der Waals surface area contributed by atoms with E-state index >= 15 is 0 Å². The maximum Gasteiger partial charge on any atom is 0.342 e. The molecule has 1 aromatic heterocycles. The van der Waals surface area contributed by atoms with Gasteiger partial charge in [-0.2, -0.15) is 0 Å². The fourth-order valence-electron chi connectivity index (χ4n) is 16.9. The summed E-state index contributed by atoms with van der Waals surface area (Å²) in [4.78, 5) is 143. The number of methoxy groups -OCH3 is 4. The Morgan fingerprint density at radius 2 is 1.48 bits per heavy atom. The highest BCUT2D eigenvalue weighted by Gasteiger charge is 2.65. The molecule has 0 aromatic carbocycles. The van der Waals surface area contributed by atoms with Gasteiger partial charge in [0.15, 0.2) is 11.5 Å². The average Bonchev–Trinajstić information content (AvgIpc) is 1.41. The summed E-state index contributed by atoms with van der Waals surface area (Å²) in [5, 5.41) is 53.4. The molecule has 106 heavy (non-hydrogen) atoms. The van der Waals surface area contributed by atoms with Gasteiger partial charge in [-0.1, -0.05) is 78.0 Å². The molecule has 4 aliphatic carbocycles. The van der Waals surface area contributed by atoms with E-state index in [4.69, 9.17) is 42.3 Å². The van der Waals surface area contributed by atoms with Gasteiger partial charge in [0, 0.05) is 120 Å². The van der Waals surface area contributed by atoms with Gasteiger partial charge in [0.2, 0.25) is 11.6 Å². The number of unbranched alkanes of at least 4 members (excludes halogenated alkanes) is 1. The van der Waals surface area contributed by atoms with Gasteiger partial charge in [-0.15, -0.1) is 0 Å². The molecule has 20 atom stereocenters. The van der Waals surface area contributed by atoms with E-state index in [-0.39, 0.29) is 109 Å². The molecule has 4 fully saturated rings. The first-order valence-corrected chi connectivity index (χ1v) is 37.4. The quantitative estimate of drug-likeness (QED) is 0.0569. The highest BCUT2D eigenvalue weighted by Crippen LogP contribution is 2.61. The van der Waals surface area contributed by atoms with Crippen LogP contribution in [0, 0.1) is 46.8 Å². The van der Waals surface area contributed by atoms with E-state index in [9.17, 15) is 78.3 Å². The molecule has 2 bridgehead atoms. The third-order valence-corrected chi connectivity index (χ3v) is 23.2. The predicted molar refractivity (Wildman–Crippen MR) is 378 cm³/mol.